The molecular formula is C10H9N5O3. The van der Waals surface area contributed by atoms with Crippen LogP contribution in [-0.2, 0) is 16.0 Å². The van der Waals surface area contributed by atoms with Gasteiger partial charge in [0.25, 0.3) is 0 Å². The monoisotopic (exact) mass is 247 g/mol. The van der Waals surface area contributed by atoms with E-state index in [4.69, 9.17) is 21.8 Å². The number of carbonyl (C=O) groups is 2. The van der Waals surface area contributed by atoms with Crippen LogP contribution in [0, 0.1) is 11.3 Å². The third kappa shape index (κ3) is 1.58. The highest BCUT2D eigenvalue weighted by Crippen LogP contribution is 2.35. The molecule has 18 heavy (non-hydrogen) atoms. The number of nitrogens with two attached hydrogens (primary N) is 2. The first-order valence-corrected chi connectivity index (χ1v) is 4.95. The number of fused-ring (bicyclic) bond motifs is 1. The zero-order valence-corrected chi connectivity index (χ0v) is 9.17. The number of hydrogen-bond donors (Lipinski definition) is 3. The second-order valence-corrected chi connectivity index (χ2v) is 3.75. The van der Waals surface area contributed by atoms with Crippen molar-refractivity contribution in [2.24, 2.45) is 0 Å². The Labute approximate surface area is 101 Å². The predicted octanol–water partition coefficient (Wildman–Crippen LogP) is -0.909. The first-order chi connectivity index (χ1) is 8.45. The SMILES string of the molecule is N#Cc1c(N)nc2c(c1N)CC(=O)N2CC(=O)O. The average molecular weight is 247 g/mol. The molecule has 0 saturated carbocycles. The predicted molar refractivity (Wildman–Crippen MR) is 61.5 cm³/mol. The van der Waals surface area contributed by atoms with Gasteiger partial charge in [0.1, 0.15) is 29.8 Å². The fourth-order valence-electron chi connectivity index (χ4n) is 1.82. The first kappa shape index (κ1) is 11.7. The number of nitrogens with zero attached hydrogens (tertiary/aromatic N) is 3. The van der Waals surface area contributed by atoms with Gasteiger partial charge in [0.05, 0.1) is 12.1 Å². The Balaban J connectivity index is 2.58. The summed E-state index contributed by atoms with van der Waals surface area (Å²) in [5, 5.41) is 17.6. The number of aromatic nitrogens is 1. The van der Waals surface area contributed by atoms with Crippen molar-refractivity contribution in [1.82, 2.24) is 4.98 Å². The lowest BCUT2D eigenvalue weighted by Gasteiger charge is -2.14. The Kier molecular flexibility index (Phi) is 2.52. The van der Waals surface area contributed by atoms with Crippen LogP contribution in [0.2, 0.25) is 0 Å². The molecule has 1 aliphatic rings. The van der Waals surface area contributed by atoms with E-state index < -0.39 is 18.4 Å². The minimum absolute atomic E-state index is 0.0127. The number of carboxylic acid groups (broad SMARTS) is 1. The Hall–Kier alpha value is -2.82. The van der Waals surface area contributed by atoms with E-state index in [0.29, 0.717) is 5.56 Å². The van der Waals surface area contributed by atoms with Gasteiger partial charge in [0.15, 0.2) is 0 Å². The average Bonchev–Trinajstić information content (AvgIpc) is 2.57. The number of hydrogen-bond acceptors (Lipinski definition) is 6. The second-order valence-electron chi connectivity index (χ2n) is 3.75. The number of carboxylic acids is 1. The summed E-state index contributed by atoms with van der Waals surface area (Å²) in [6, 6.07) is 1.81. The molecule has 0 spiro atoms. The molecule has 8 heteroatoms. The number of pyridine rings is 1. The van der Waals surface area contributed by atoms with Gasteiger partial charge in [-0.25, -0.2) is 4.98 Å². The first-order valence-electron chi connectivity index (χ1n) is 4.95. The third-order valence-corrected chi connectivity index (χ3v) is 2.64. The molecule has 92 valence electrons. The normalized spacial score (nSPS) is 13.3. The highest BCUT2D eigenvalue weighted by atomic mass is 16.4. The molecule has 1 amide bonds. The van der Waals surface area contributed by atoms with Gasteiger partial charge in [-0.3, -0.25) is 14.5 Å². The zero-order chi connectivity index (χ0) is 13.4. The summed E-state index contributed by atoms with van der Waals surface area (Å²) in [5.74, 6) is -1.59. The maximum absolute atomic E-state index is 11.7. The number of anilines is 3. The number of carbonyl (C=O) groups excluding carboxylic acids is 1. The molecule has 0 fully saturated rings. The lowest BCUT2D eigenvalue weighted by Crippen LogP contribution is -2.32. The maximum Gasteiger partial charge on any atom is 0.323 e. The molecule has 0 aliphatic carbocycles. The maximum atomic E-state index is 11.7. The molecule has 0 atom stereocenters. The van der Waals surface area contributed by atoms with Gasteiger partial charge in [-0.2, -0.15) is 5.26 Å². The van der Waals surface area contributed by atoms with Gasteiger partial charge < -0.3 is 16.6 Å². The molecule has 8 nitrogen and oxygen atoms in total. The van der Waals surface area contributed by atoms with Crippen LogP contribution in [0.25, 0.3) is 0 Å². The van der Waals surface area contributed by atoms with Crippen LogP contribution in [0.15, 0.2) is 0 Å². The molecule has 0 bridgehead atoms. The van der Waals surface area contributed by atoms with E-state index in [0.717, 1.165) is 4.90 Å². The van der Waals surface area contributed by atoms with Crippen LogP contribution in [0.3, 0.4) is 0 Å². The van der Waals surface area contributed by atoms with Crippen LogP contribution in [-0.4, -0.2) is 28.5 Å². The molecule has 5 N–H and O–H groups in total. The summed E-state index contributed by atoms with van der Waals surface area (Å²) in [6.07, 6.45) is -0.0730. The Morgan fingerprint density at radius 1 is 1.56 bits per heavy atom. The van der Waals surface area contributed by atoms with Crippen molar-refractivity contribution in [1.29, 1.82) is 5.26 Å². The smallest absolute Gasteiger partial charge is 0.323 e. The minimum atomic E-state index is -1.17. The number of amides is 1. The molecule has 0 saturated heterocycles. The van der Waals surface area contributed by atoms with Crippen LogP contribution in [0.1, 0.15) is 11.1 Å². The Bertz CT molecular complexity index is 605. The lowest BCUT2D eigenvalue weighted by atomic mass is 10.1. The van der Waals surface area contributed by atoms with Crippen LogP contribution in [0.4, 0.5) is 17.3 Å². The van der Waals surface area contributed by atoms with Crippen molar-refractivity contribution < 1.29 is 14.7 Å². The molecule has 0 unspecified atom stereocenters. The third-order valence-electron chi connectivity index (χ3n) is 2.64. The molecular weight excluding hydrogens is 238 g/mol. The summed E-state index contributed by atoms with van der Waals surface area (Å²) < 4.78 is 0. The van der Waals surface area contributed by atoms with E-state index in [2.05, 4.69) is 4.98 Å². The van der Waals surface area contributed by atoms with Crippen molar-refractivity contribution in [3.8, 4) is 6.07 Å². The quantitative estimate of drug-likeness (QED) is 0.612. The van der Waals surface area contributed by atoms with Crippen LogP contribution in [0.5, 0.6) is 0 Å². The van der Waals surface area contributed by atoms with E-state index in [-0.39, 0.29) is 29.3 Å². The van der Waals surface area contributed by atoms with Crippen LogP contribution >= 0.6 is 0 Å². The van der Waals surface area contributed by atoms with Crippen molar-refractivity contribution in [3.63, 3.8) is 0 Å². The molecule has 1 aromatic heterocycles. The fraction of sp³-hybridized carbons (Fsp3) is 0.200. The molecule has 2 rings (SSSR count). The van der Waals surface area contributed by atoms with Crippen molar-refractivity contribution in [3.05, 3.63) is 11.1 Å². The number of nitriles is 1. The van der Waals surface area contributed by atoms with E-state index in [9.17, 15) is 9.59 Å². The minimum Gasteiger partial charge on any atom is -0.480 e. The van der Waals surface area contributed by atoms with Crippen molar-refractivity contribution >= 4 is 29.2 Å². The van der Waals surface area contributed by atoms with Gasteiger partial charge in [-0.05, 0) is 0 Å². The Morgan fingerprint density at radius 2 is 2.22 bits per heavy atom. The van der Waals surface area contributed by atoms with Gasteiger partial charge >= 0.3 is 5.97 Å². The standard InChI is InChI=1S/C10H9N5O3/c11-2-5-8(12)4-1-6(16)15(3-7(17)18)10(4)14-9(5)13/h1,3H2,(H,17,18)(H4,12,13,14). The van der Waals surface area contributed by atoms with E-state index in [1.807, 2.05) is 0 Å². The largest absolute Gasteiger partial charge is 0.480 e. The number of nitrogen functional groups attached to an aromatic ring is 2. The van der Waals surface area contributed by atoms with Gasteiger partial charge in [0.2, 0.25) is 5.91 Å². The fourth-order valence-corrected chi connectivity index (χ4v) is 1.82. The molecule has 1 aliphatic heterocycles. The summed E-state index contributed by atoms with van der Waals surface area (Å²) in [7, 11) is 0. The summed E-state index contributed by atoms with van der Waals surface area (Å²) in [5.41, 5.74) is 11.7. The summed E-state index contributed by atoms with van der Waals surface area (Å²) >= 11 is 0. The van der Waals surface area contributed by atoms with Crippen molar-refractivity contribution in [2.45, 2.75) is 6.42 Å². The summed E-state index contributed by atoms with van der Waals surface area (Å²) in [4.78, 5) is 27.2. The topological polar surface area (TPSA) is 146 Å². The van der Waals surface area contributed by atoms with Crippen LogP contribution < -0.4 is 16.4 Å². The van der Waals surface area contributed by atoms with E-state index in [1.165, 1.54) is 0 Å². The highest BCUT2D eigenvalue weighted by Gasteiger charge is 2.33. The Morgan fingerprint density at radius 3 is 2.78 bits per heavy atom. The van der Waals surface area contributed by atoms with Gasteiger partial charge in [-0.15, -0.1) is 0 Å². The highest BCUT2D eigenvalue weighted by molar-refractivity contribution is 6.05. The second kappa shape index (κ2) is 3.89. The molecule has 0 aromatic carbocycles. The molecule has 2 heterocycles. The molecule has 1 aromatic rings. The number of rotatable bonds is 2. The van der Waals surface area contributed by atoms with Gasteiger partial charge in [-0.1, -0.05) is 0 Å². The zero-order valence-electron chi connectivity index (χ0n) is 9.17. The number of aliphatic carboxylic acids is 1. The lowest BCUT2D eigenvalue weighted by molar-refractivity contribution is -0.136. The van der Waals surface area contributed by atoms with E-state index >= 15 is 0 Å². The summed E-state index contributed by atoms with van der Waals surface area (Å²) in [6.45, 7) is -0.510. The van der Waals surface area contributed by atoms with Gasteiger partial charge in [0, 0.05) is 5.56 Å². The van der Waals surface area contributed by atoms with E-state index in [1.54, 1.807) is 6.07 Å². The van der Waals surface area contributed by atoms with Crippen molar-refractivity contribution in [2.75, 3.05) is 22.9 Å². The molecule has 0 radical (unpaired) electrons.